The number of halogens is 2. The average molecular weight is 366 g/mol. The van der Waals surface area contributed by atoms with Crippen LogP contribution in [-0.2, 0) is 9.53 Å². The zero-order valence-electron chi connectivity index (χ0n) is 14.3. The van der Waals surface area contributed by atoms with Crippen molar-refractivity contribution in [1.82, 2.24) is 15.5 Å². The van der Waals surface area contributed by atoms with Crippen molar-refractivity contribution in [2.45, 2.75) is 13.0 Å². The topological polar surface area (TPSA) is 53.6 Å². The SMILES string of the molecule is COCCNCC(=O)NCC(c1ccc(C)cc1)N(C)C.Cl.Cl. The van der Waals surface area contributed by atoms with Crippen LogP contribution in [0.5, 0.6) is 0 Å². The highest BCUT2D eigenvalue weighted by Gasteiger charge is 2.14. The fourth-order valence-electron chi connectivity index (χ4n) is 2.04. The van der Waals surface area contributed by atoms with E-state index in [4.69, 9.17) is 4.74 Å². The molecule has 7 heteroatoms. The van der Waals surface area contributed by atoms with Crippen LogP contribution in [0, 0.1) is 6.92 Å². The van der Waals surface area contributed by atoms with E-state index in [2.05, 4.69) is 46.7 Å². The Morgan fingerprint density at radius 1 is 1.22 bits per heavy atom. The maximum absolute atomic E-state index is 11.8. The third-order valence-electron chi connectivity index (χ3n) is 3.35. The van der Waals surface area contributed by atoms with Crippen LogP contribution < -0.4 is 10.6 Å². The second-order valence-corrected chi connectivity index (χ2v) is 5.36. The van der Waals surface area contributed by atoms with E-state index in [-0.39, 0.29) is 36.8 Å². The lowest BCUT2D eigenvalue weighted by molar-refractivity contribution is -0.120. The average Bonchev–Trinajstić information content (AvgIpc) is 2.45. The third-order valence-corrected chi connectivity index (χ3v) is 3.35. The first kappa shape index (κ1) is 24.4. The molecule has 0 heterocycles. The molecule has 0 saturated carbocycles. The van der Waals surface area contributed by atoms with Gasteiger partial charge in [0.05, 0.1) is 19.2 Å². The van der Waals surface area contributed by atoms with Crippen molar-refractivity contribution in [2.24, 2.45) is 0 Å². The molecule has 1 aromatic rings. The fraction of sp³-hybridized carbons (Fsp3) is 0.562. The zero-order chi connectivity index (χ0) is 15.7. The van der Waals surface area contributed by atoms with E-state index in [9.17, 15) is 4.79 Å². The van der Waals surface area contributed by atoms with Crippen LogP contribution in [-0.4, -0.2) is 58.3 Å². The Balaban J connectivity index is 0. The van der Waals surface area contributed by atoms with Crippen molar-refractivity contribution >= 4 is 30.7 Å². The van der Waals surface area contributed by atoms with E-state index in [1.807, 2.05) is 14.1 Å². The summed E-state index contributed by atoms with van der Waals surface area (Å²) in [6.07, 6.45) is 0. The van der Waals surface area contributed by atoms with Gasteiger partial charge >= 0.3 is 0 Å². The molecule has 23 heavy (non-hydrogen) atoms. The molecular formula is C16H29Cl2N3O2. The Hall–Kier alpha value is -0.850. The number of hydrogen-bond acceptors (Lipinski definition) is 4. The van der Waals surface area contributed by atoms with Gasteiger partial charge in [0.1, 0.15) is 0 Å². The quantitative estimate of drug-likeness (QED) is 0.655. The molecule has 0 radical (unpaired) electrons. The molecule has 1 rings (SSSR count). The van der Waals surface area contributed by atoms with Gasteiger partial charge in [-0.05, 0) is 26.6 Å². The molecule has 2 N–H and O–H groups in total. The van der Waals surface area contributed by atoms with Crippen molar-refractivity contribution in [3.8, 4) is 0 Å². The first-order chi connectivity index (χ1) is 10.0. The molecule has 1 aromatic carbocycles. The number of ether oxygens (including phenoxy) is 1. The van der Waals surface area contributed by atoms with E-state index in [1.165, 1.54) is 11.1 Å². The predicted molar refractivity (Wildman–Crippen MR) is 99.9 cm³/mol. The minimum Gasteiger partial charge on any atom is -0.383 e. The van der Waals surface area contributed by atoms with Crippen LogP contribution in [0.4, 0.5) is 0 Å². The van der Waals surface area contributed by atoms with Gasteiger partial charge in [-0.15, -0.1) is 24.8 Å². The summed E-state index contributed by atoms with van der Waals surface area (Å²) in [4.78, 5) is 13.9. The van der Waals surface area contributed by atoms with E-state index >= 15 is 0 Å². The predicted octanol–water partition coefficient (Wildman–Crippen LogP) is 1.79. The summed E-state index contributed by atoms with van der Waals surface area (Å²) >= 11 is 0. The van der Waals surface area contributed by atoms with Crippen molar-refractivity contribution < 1.29 is 9.53 Å². The summed E-state index contributed by atoms with van der Waals surface area (Å²) in [7, 11) is 5.69. The molecule has 1 unspecified atom stereocenters. The fourth-order valence-corrected chi connectivity index (χ4v) is 2.04. The van der Waals surface area contributed by atoms with E-state index < -0.39 is 0 Å². The van der Waals surface area contributed by atoms with Gasteiger partial charge < -0.3 is 20.3 Å². The van der Waals surface area contributed by atoms with E-state index in [0.29, 0.717) is 26.2 Å². The third kappa shape index (κ3) is 9.79. The van der Waals surface area contributed by atoms with Gasteiger partial charge in [-0.1, -0.05) is 29.8 Å². The first-order valence-corrected chi connectivity index (χ1v) is 7.24. The molecule has 0 aliphatic carbocycles. The molecule has 0 spiro atoms. The van der Waals surface area contributed by atoms with Crippen LogP contribution in [0.25, 0.3) is 0 Å². The number of aryl methyl sites for hydroxylation is 1. The molecule has 0 bridgehead atoms. The van der Waals surface area contributed by atoms with Gasteiger partial charge in [-0.3, -0.25) is 4.79 Å². The van der Waals surface area contributed by atoms with Gasteiger partial charge in [-0.25, -0.2) is 0 Å². The Labute approximate surface area is 152 Å². The normalized spacial score (nSPS) is 11.3. The highest BCUT2D eigenvalue weighted by atomic mass is 35.5. The van der Waals surface area contributed by atoms with Gasteiger partial charge in [-0.2, -0.15) is 0 Å². The molecule has 0 aliphatic rings. The summed E-state index contributed by atoms with van der Waals surface area (Å²) in [6, 6.07) is 8.60. The number of amides is 1. The first-order valence-electron chi connectivity index (χ1n) is 7.24. The molecule has 1 amide bonds. The minimum absolute atomic E-state index is 0. The van der Waals surface area contributed by atoms with Crippen LogP contribution >= 0.6 is 24.8 Å². The van der Waals surface area contributed by atoms with Crippen molar-refractivity contribution in [2.75, 3.05) is 47.4 Å². The number of likely N-dealkylation sites (N-methyl/N-ethyl adjacent to an activating group) is 1. The highest BCUT2D eigenvalue weighted by Crippen LogP contribution is 2.17. The van der Waals surface area contributed by atoms with Crippen LogP contribution in [0.3, 0.4) is 0 Å². The number of benzene rings is 1. The molecule has 0 saturated heterocycles. The number of nitrogens with zero attached hydrogens (tertiary/aromatic N) is 1. The van der Waals surface area contributed by atoms with Gasteiger partial charge in [0.2, 0.25) is 5.91 Å². The molecule has 0 fully saturated rings. The lowest BCUT2D eigenvalue weighted by atomic mass is 10.0. The lowest BCUT2D eigenvalue weighted by Gasteiger charge is -2.25. The Bertz CT molecular complexity index is 428. The Morgan fingerprint density at radius 3 is 2.35 bits per heavy atom. The summed E-state index contributed by atoms with van der Waals surface area (Å²) in [5.74, 6) is 0.00469. The Morgan fingerprint density at radius 2 is 1.83 bits per heavy atom. The van der Waals surface area contributed by atoms with E-state index in [1.54, 1.807) is 7.11 Å². The number of hydrogen-bond donors (Lipinski definition) is 2. The summed E-state index contributed by atoms with van der Waals surface area (Å²) < 4.78 is 4.92. The van der Waals surface area contributed by atoms with Crippen molar-refractivity contribution in [1.29, 1.82) is 0 Å². The maximum Gasteiger partial charge on any atom is 0.234 e. The molecule has 134 valence electrons. The van der Waals surface area contributed by atoms with E-state index in [0.717, 1.165) is 0 Å². The molecule has 0 aliphatic heterocycles. The number of nitrogens with one attached hydrogen (secondary N) is 2. The monoisotopic (exact) mass is 365 g/mol. The maximum atomic E-state index is 11.8. The standard InChI is InChI=1S/C16H27N3O2.2ClH/c1-13-5-7-14(8-6-13)15(19(2)3)11-18-16(20)12-17-9-10-21-4;;/h5-8,15,17H,9-12H2,1-4H3,(H,18,20);2*1H. The van der Waals surface area contributed by atoms with Gasteiger partial charge in [0, 0.05) is 20.2 Å². The molecule has 1 atom stereocenters. The lowest BCUT2D eigenvalue weighted by Crippen LogP contribution is -2.39. The van der Waals surface area contributed by atoms with Crippen molar-refractivity contribution in [3.63, 3.8) is 0 Å². The molecule has 0 aromatic heterocycles. The number of carbonyl (C=O) groups excluding carboxylic acids is 1. The smallest absolute Gasteiger partial charge is 0.234 e. The molecule has 5 nitrogen and oxygen atoms in total. The van der Waals surface area contributed by atoms with Crippen LogP contribution in [0.2, 0.25) is 0 Å². The van der Waals surface area contributed by atoms with Gasteiger partial charge in [0.15, 0.2) is 0 Å². The van der Waals surface area contributed by atoms with Crippen molar-refractivity contribution in [3.05, 3.63) is 35.4 Å². The summed E-state index contributed by atoms with van der Waals surface area (Å²) in [5.41, 5.74) is 2.45. The minimum atomic E-state index is 0. The second-order valence-electron chi connectivity index (χ2n) is 5.36. The van der Waals surface area contributed by atoms with Crippen LogP contribution in [0.1, 0.15) is 17.2 Å². The van der Waals surface area contributed by atoms with Gasteiger partial charge in [0.25, 0.3) is 0 Å². The Kier molecular flexibility index (Phi) is 14.4. The second kappa shape index (κ2) is 13.6. The summed E-state index contributed by atoms with van der Waals surface area (Å²) in [5, 5.41) is 6.01. The zero-order valence-corrected chi connectivity index (χ0v) is 15.9. The number of carbonyl (C=O) groups is 1. The largest absolute Gasteiger partial charge is 0.383 e. The number of rotatable bonds is 9. The number of methoxy groups -OCH3 is 1. The summed E-state index contributed by atoms with van der Waals surface area (Å²) in [6.45, 7) is 4.27. The highest BCUT2D eigenvalue weighted by molar-refractivity contribution is 5.85. The van der Waals surface area contributed by atoms with Crippen LogP contribution in [0.15, 0.2) is 24.3 Å². The molecular weight excluding hydrogens is 337 g/mol.